The second-order valence-corrected chi connectivity index (χ2v) is 8.78. The Labute approximate surface area is 193 Å². The van der Waals surface area contributed by atoms with Gasteiger partial charge in [-0.15, -0.1) is 11.3 Å². The van der Waals surface area contributed by atoms with Crippen LogP contribution in [0.2, 0.25) is 5.02 Å². The predicted octanol–water partition coefficient (Wildman–Crippen LogP) is 4.72. The Morgan fingerprint density at radius 3 is 2.47 bits per heavy atom. The van der Waals surface area contributed by atoms with Crippen molar-refractivity contribution in [2.45, 2.75) is 25.7 Å². The molecule has 2 amide bonds. The van der Waals surface area contributed by atoms with Crippen LogP contribution >= 0.6 is 22.9 Å². The molecule has 32 heavy (non-hydrogen) atoms. The second-order valence-electron chi connectivity index (χ2n) is 7.24. The second kappa shape index (κ2) is 9.93. The van der Waals surface area contributed by atoms with Crippen molar-refractivity contribution in [3.63, 3.8) is 0 Å². The van der Waals surface area contributed by atoms with Gasteiger partial charge in [-0.25, -0.2) is 4.79 Å². The maximum absolute atomic E-state index is 13.1. The van der Waals surface area contributed by atoms with Crippen molar-refractivity contribution in [3.05, 3.63) is 75.4 Å². The summed E-state index contributed by atoms with van der Waals surface area (Å²) in [6.45, 7) is -0.456. The highest BCUT2D eigenvalue weighted by Gasteiger charge is 2.26. The lowest BCUT2D eigenvalue weighted by Crippen LogP contribution is -2.22. The molecule has 7 nitrogen and oxygen atoms in total. The molecule has 164 valence electrons. The molecule has 2 N–H and O–H groups in total. The lowest BCUT2D eigenvalue weighted by atomic mass is 9.95. The van der Waals surface area contributed by atoms with E-state index in [0.717, 1.165) is 36.1 Å². The van der Waals surface area contributed by atoms with Crippen LogP contribution < -0.4 is 10.6 Å². The van der Waals surface area contributed by atoms with Gasteiger partial charge in [0.2, 0.25) is 0 Å². The van der Waals surface area contributed by atoms with Gasteiger partial charge in [-0.1, -0.05) is 11.6 Å². The van der Waals surface area contributed by atoms with Gasteiger partial charge in [0.15, 0.2) is 6.61 Å². The quantitative estimate of drug-likeness (QED) is 0.509. The highest BCUT2D eigenvalue weighted by Crippen LogP contribution is 2.38. The number of aryl methyl sites for hydroxylation is 1. The molecular weight excluding hydrogens is 450 g/mol. The monoisotopic (exact) mass is 469 g/mol. The number of ether oxygens (including phenoxy) is 1. The third kappa shape index (κ3) is 5.15. The van der Waals surface area contributed by atoms with Crippen molar-refractivity contribution in [1.29, 1.82) is 0 Å². The average molecular weight is 470 g/mol. The molecule has 0 bridgehead atoms. The number of anilines is 2. The molecule has 0 saturated carbocycles. The number of rotatable bonds is 6. The van der Waals surface area contributed by atoms with Gasteiger partial charge in [-0.3, -0.25) is 14.6 Å². The van der Waals surface area contributed by atoms with Gasteiger partial charge in [0.05, 0.1) is 11.1 Å². The van der Waals surface area contributed by atoms with Crippen LogP contribution in [-0.4, -0.2) is 29.4 Å². The number of benzene rings is 1. The van der Waals surface area contributed by atoms with Gasteiger partial charge < -0.3 is 15.4 Å². The Bertz CT molecular complexity index is 1150. The molecule has 9 heteroatoms. The van der Waals surface area contributed by atoms with E-state index in [2.05, 4.69) is 15.6 Å². The Balaban J connectivity index is 1.48. The third-order valence-corrected chi connectivity index (χ3v) is 6.46. The average Bonchev–Trinajstić information content (AvgIpc) is 3.17. The van der Waals surface area contributed by atoms with E-state index in [1.165, 1.54) is 35.9 Å². The predicted molar refractivity (Wildman–Crippen MR) is 124 cm³/mol. The lowest BCUT2D eigenvalue weighted by molar-refractivity contribution is -0.119. The van der Waals surface area contributed by atoms with E-state index in [1.54, 1.807) is 24.3 Å². The smallest absolute Gasteiger partial charge is 0.338 e. The Kier molecular flexibility index (Phi) is 6.82. The van der Waals surface area contributed by atoms with Crippen LogP contribution in [0.25, 0.3) is 0 Å². The first-order chi connectivity index (χ1) is 15.5. The van der Waals surface area contributed by atoms with Crippen molar-refractivity contribution in [1.82, 2.24) is 4.98 Å². The number of thiophene rings is 1. The van der Waals surface area contributed by atoms with Crippen molar-refractivity contribution in [2.75, 3.05) is 17.2 Å². The number of halogens is 1. The Hall–Kier alpha value is -3.23. The SMILES string of the molecule is O=C(COC(=O)c1ccncc1)Nc1sc2c(c1C(=O)Nc1ccc(Cl)cc1)CCCC2. The maximum atomic E-state index is 13.1. The molecule has 0 atom stereocenters. The summed E-state index contributed by atoms with van der Waals surface area (Å²) in [7, 11) is 0. The van der Waals surface area contributed by atoms with E-state index < -0.39 is 18.5 Å². The van der Waals surface area contributed by atoms with Crippen molar-refractivity contribution >= 4 is 51.4 Å². The van der Waals surface area contributed by atoms with Crippen LogP contribution in [0, 0.1) is 0 Å². The number of aromatic nitrogens is 1. The summed E-state index contributed by atoms with van der Waals surface area (Å²) in [5, 5.41) is 6.67. The summed E-state index contributed by atoms with van der Waals surface area (Å²) in [5.41, 5.74) is 2.35. The number of esters is 1. The minimum atomic E-state index is -0.617. The van der Waals surface area contributed by atoms with Gasteiger partial charge in [0.25, 0.3) is 11.8 Å². The molecule has 1 aliphatic rings. The molecule has 1 aromatic carbocycles. The molecule has 2 aromatic heterocycles. The molecular formula is C23H20ClN3O4S. The van der Waals surface area contributed by atoms with Crippen molar-refractivity contribution in [2.24, 2.45) is 0 Å². The van der Waals surface area contributed by atoms with E-state index in [4.69, 9.17) is 16.3 Å². The molecule has 0 radical (unpaired) electrons. The first-order valence-electron chi connectivity index (χ1n) is 10.1. The van der Waals surface area contributed by atoms with E-state index >= 15 is 0 Å². The fourth-order valence-electron chi connectivity index (χ4n) is 3.49. The summed E-state index contributed by atoms with van der Waals surface area (Å²) in [6.07, 6.45) is 6.62. The summed E-state index contributed by atoms with van der Waals surface area (Å²) in [6, 6.07) is 9.84. The van der Waals surface area contributed by atoms with E-state index in [1.807, 2.05) is 0 Å². The number of hydrogen-bond acceptors (Lipinski definition) is 6. The molecule has 0 spiro atoms. The number of nitrogens with zero attached hydrogens (tertiary/aromatic N) is 1. The summed E-state index contributed by atoms with van der Waals surface area (Å²) >= 11 is 7.32. The molecule has 0 aliphatic heterocycles. The molecule has 1 aliphatic carbocycles. The van der Waals surface area contributed by atoms with Gasteiger partial charge in [0.1, 0.15) is 5.00 Å². The highest BCUT2D eigenvalue weighted by molar-refractivity contribution is 7.17. The lowest BCUT2D eigenvalue weighted by Gasteiger charge is -2.13. The summed E-state index contributed by atoms with van der Waals surface area (Å²) in [4.78, 5) is 42.6. The first kappa shape index (κ1) is 22.0. The van der Waals surface area contributed by atoms with Crippen LogP contribution in [-0.2, 0) is 22.4 Å². The van der Waals surface area contributed by atoms with Crippen LogP contribution in [0.15, 0.2) is 48.8 Å². The molecule has 2 heterocycles. The van der Waals surface area contributed by atoms with Crippen LogP contribution in [0.3, 0.4) is 0 Å². The maximum Gasteiger partial charge on any atom is 0.338 e. The van der Waals surface area contributed by atoms with E-state index in [0.29, 0.717) is 26.8 Å². The molecule has 4 rings (SSSR count). The first-order valence-corrected chi connectivity index (χ1v) is 11.3. The minimum Gasteiger partial charge on any atom is -0.452 e. The minimum absolute atomic E-state index is 0.296. The van der Waals surface area contributed by atoms with Gasteiger partial charge in [-0.05, 0) is 67.6 Å². The number of amides is 2. The fraction of sp³-hybridized carbons (Fsp3) is 0.217. The van der Waals surface area contributed by atoms with Crippen LogP contribution in [0.1, 0.15) is 44.0 Å². The zero-order valence-corrected chi connectivity index (χ0v) is 18.6. The Morgan fingerprint density at radius 1 is 1.00 bits per heavy atom. The van der Waals surface area contributed by atoms with Gasteiger partial charge >= 0.3 is 5.97 Å². The summed E-state index contributed by atoms with van der Waals surface area (Å²) < 4.78 is 5.08. The fourth-order valence-corrected chi connectivity index (χ4v) is 4.92. The van der Waals surface area contributed by atoms with Crippen molar-refractivity contribution in [3.8, 4) is 0 Å². The number of carbonyl (C=O) groups excluding carboxylic acids is 3. The highest BCUT2D eigenvalue weighted by atomic mass is 35.5. The zero-order valence-electron chi connectivity index (χ0n) is 17.0. The third-order valence-electron chi connectivity index (χ3n) is 5.00. The number of pyridine rings is 1. The standard InChI is InChI=1S/C23H20ClN3O4S/c24-15-5-7-16(8-6-15)26-21(29)20-17-3-1-2-4-18(17)32-22(20)27-19(28)13-31-23(30)14-9-11-25-12-10-14/h5-12H,1-4,13H2,(H,26,29)(H,27,28). The van der Waals surface area contributed by atoms with Crippen molar-refractivity contribution < 1.29 is 19.1 Å². The molecule has 3 aromatic rings. The number of carbonyl (C=O) groups is 3. The molecule has 0 saturated heterocycles. The van der Waals surface area contributed by atoms with E-state index in [-0.39, 0.29) is 5.91 Å². The normalized spacial score (nSPS) is 12.5. The number of hydrogen-bond donors (Lipinski definition) is 2. The zero-order chi connectivity index (χ0) is 22.5. The van der Waals surface area contributed by atoms with Crippen LogP contribution in [0.5, 0.6) is 0 Å². The Morgan fingerprint density at radius 2 is 1.72 bits per heavy atom. The molecule has 0 unspecified atom stereocenters. The van der Waals surface area contributed by atoms with Gasteiger partial charge in [-0.2, -0.15) is 0 Å². The number of fused-ring (bicyclic) bond motifs is 1. The van der Waals surface area contributed by atoms with Gasteiger partial charge in [0, 0.05) is 28.0 Å². The van der Waals surface area contributed by atoms with Crippen LogP contribution in [0.4, 0.5) is 10.7 Å². The molecule has 0 fully saturated rings. The topological polar surface area (TPSA) is 97.4 Å². The summed E-state index contributed by atoms with van der Waals surface area (Å²) in [5.74, 6) is -1.42. The number of nitrogens with one attached hydrogen (secondary N) is 2. The van der Waals surface area contributed by atoms with E-state index in [9.17, 15) is 14.4 Å². The largest absolute Gasteiger partial charge is 0.452 e.